The molecule has 0 aliphatic carbocycles. The molecule has 35 heavy (non-hydrogen) atoms. The zero-order valence-corrected chi connectivity index (χ0v) is 20.2. The summed E-state index contributed by atoms with van der Waals surface area (Å²) in [6, 6.07) is 19.5. The number of carbonyl (C=O) groups is 2. The van der Waals surface area contributed by atoms with Crippen molar-refractivity contribution >= 4 is 28.3 Å². The summed E-state index contributed by atoms with van der Waals surface area (Å²) in [6.45, 7) is 4.32. The van der Waals surface area contributed by atoms with Crippen LogP contribution in [0.1, 0.15) is 41.6 Å². The molecule has 2 aliphatic heterocycles. The van der Waals surface area contributed by atoms with Gasteiger partial charge in [-0.25, -0.2) is 0 Å². The minimum atomic E-state index is -0.269. The third-order valence-corrected chi connectivity index (χ3v) is 6.94. The lowest BCUT2D eigenvalue weighted by Gasteiger charge is -2.32. The predicted octanol–water partition coefficient (Wildman–Crippen LogP) is 5.20. The molecule has 5 rings (SSSR count). The number of ether oxygens (including phenoxy) is 2. The average molecular weight is 473 g/mol. The van der Waals surface area contributed by atoms with Crippen LogP contribution in [0.3, 0.4) is 0 Å². The Hall–Kier alpha value is -3.38. The van der Waals surface area contributed by atoms with Gasteiger partial charge < -0.3 is 19.7 Å². The van der Waals surface area contributed by atoms with E-state index < -0.39 is 0 Å². The Bertz CT molecular complexity index is 1210. The van der Waals surface area contributed by atoms with Crippen LogP contribution in [0.4, 0.5) is 5.69 Å². The minimum absolute atomic E-state index is 0.0183. The van der Waals surface area contributed by atoms with Crippen LogP contribution in [-0.4, -0.2) is 49.1 Å². The van der Waals surface area contributed by atoms with Crippen LogP contribution in [0.2, 0.25) is 0 Å². The minimum Gasteiger partial charge on any atom is -0.489 e. The first-order chi connectivity index (χ1) is 17.1. The van der Waals surface area contributed by atoms with Gasteiger partial charge in [0.05, 0.1) is 17.7 Å². The fourth-order valence-corrected chi connectivity index (χ4v) is 5.00. The molecular weight excluding hydrogens is 440 g/mol. The third kappa shape index (κ3) is 5.33. The molecule has 1 N–H and O–H groups in total. The number of piperidine rings is 1. The van der Waals surface area contributed by atoms with Crippen LogP contribution in [0, 0.1) is 12.8 Å². The van der Waals surface area contributed by atoms with Crippen molar-refractivity contribution in [2.75, 3.05) is 31.6 Å². The number of likely N-dealkylation sites (tertiary alicyclic amines) is 1. The molecule has 2 unspecified atom stereocenters. The molecule has 182 valence electrons. The maximum Gasteiger partial charge on any atom is 0.254 e. The van der Waals surface area contributed by atoms with Crippen LogP contribution < -0.4 is 10.1 Å². The lowest BCUT2D eigenvalue weighted by atomic mass is 9.95. The van der Waals surface area contributed by atoms with Gasteiger partial charge >= 0.3 is 0 Å². The van der Waals surface area contributed by atoms with Gasteiger partial charge in [0.25, 0.3) is 5.91 Å². The quantitative estimate of drug-likeness (QED) is 0.536. The maximum absolute atomic E-state index is 13.4. The lowest BCUT2D eigenvalue weighted by Crippen LogP contribution is -2.43. The number of hydrogen-bond donors (Lipinski definition) is 1. The number of aryl methyl sites for hydroxylation is 1. The molecule has 2 fully saturated rings. The summed E-state index contributed by atoms with van der Waals surface area (Å²) in [4.78, 5) is 28.5. The molecule has 0 spiro atoms. The molecule has 3 aromatic carbocycles. The Labute approximate surface area is 206 Å². The molecule has 2 aliphatic rings. The van der Waals surface area contributed by atoms with E-state index in [4.69, 9.17) is 9.47 Å². The Kier molecular flexibility index (Phi) is 7.00. The van der Waals surface area contributed by atoms with Crippen molar-refractivity contribution < 1.29 is 19.1 Å². The third-order valence-electron chi connectivity index (χ3n) is 6.94. The first-order valence-corrected chi connectivity index (χ1v) is 12.5. The molecule has 6 nitrogen and oxygen atoms in total. The smallest absolute Gasteiger partial charge is 0.254 e. The van der Waals surface area contributed by atoms with Crippen molar-refractivity contribution in [3.05, 3.63) is 71.8 Å². The SMILES string of the molecule is Cc1ccc(NC(=O)C2CCCN(C(=O)c3cccc4ccccc34)C2)c(OCC2CCCO2)c1. The van der Waals surface area contributed by atoms with Gasteiger partial charge in [-0.1, -0.05) is 42.5 Å². The number of fused-ring (bicyclic) bond motifs is 1. The number of hydrogen-bond acceptors (Lipinski definition) is 4. The highest BCUT2D eigenvalue weighted by Gasteiger charge is 2.30. The Morgan fingerprint density at radius 1 is 1.06 bits per heavy atom. The number of benzene rings is 3. The van der Waals surface area contributed by atoms with Crippen molar-refractivity contribution in [3.63, 3.8) is 0 Å². The molecule has 2 atom stereocenters. The second-order valence-electron chi connectivity index (χ2n) is 9.55. The highest BCUT2D eigenvalue weighted by atomic mass is 16.5. The number of nitrogens with zero attached hydrogens (tertiary/aromatic N) is 1. The molecular formula is C29H32N2O4. The van der Waals surface area contributed by atoms with Crippen LogP contribution in [0.15, 0.2) is 60.7 Å². The van der Waals surface area contributed by atoms with Crippen LogP contribution in [0.25, 0.3) is 10.8 Å². The molecule has 0 aromatic heterocycles. The van der Waals surface area contributed by atoms with Crippen molar-refractivity contribution in [1.29, 1.82) is 0 Å². The van der Waals surface area contributed by atoms with E-state index in [-0.39, 0.29) is 23.8 Å². The van der Waals surface area contributed by atoms with Gasteiger partial charge in [-0.05, 0) is 67.1 Å². The van der Waals surface area contributed by atoms with Gasteiger partial charge in [0.1, 0.15) is 12.4 Å². The van der Waals surface area contributed by atoms with E-state index in [1.165, 1.54) is 0 Å². The molecule has 0 bridgehead atoms. The predicted molar refractivity (Wildman–Crippen MR) is 137 cm³/mol. The summed E-state index contributed by atoms with van der Waals surface area (Å²) in [7, 11) is 0. The van der Waals surface area contributed by atoms with Gasteiger partial charge in [-0.15, -0.1) is 0 Å². The van der Waals surface area contributed by atoms with Gasteiger partial charge in [0.2, 0.25) is 5.91 Å². The number of amides is 2. The van der Waals surface area contributed by atoms with E-state index in [0.29, 0.717) is 36.7 Å². The number of carbonyl (C=O) groups excluding carboxylic acids is 2. The summed E-state index contributed by atoms with van der Waals surface area (Å²) in [6.07, 6.45) is 3.71. The van der Waals surface area contributed by atoms with E-state index in [2.05, 4.69) is 5.32 Å². The van der Waals surface area contributed by atoms with Crippen LogP contribution in [-0.2, 0) is 9.53 Å². The standard InChI is InChI=1S/C29H32N2O4/c1-20-13-14-26(27(17-20)35-19-23-10-6-16-34-23)30-28(32)22-9-5-15-31(18-22)29(33)25-12-4-8-21-7-2-3-11-24(21)25/h2-4,7-8,11-14,17,22-23H,5-6,9-10,15-16,18-19H2,1H3,(H,30,32). The highest BCUT2D eigenvalue weighted by Crippen LogP contribution is 2.29. The molecule has 3 aromatic rings. The zero-order valence-electron chi connectivity index (χ0n) is 20.2. The lowest BCUT2D eigenvalue weighted by molar-refractivity contribution is -0.121. The fraction of sp³-hybridized carbons (Fsp3) is 0.379. The van der Waals surface area contributed by atoms with E-state index in [1.54, 1.807) is 0 Å². The Morgan fingerprint density at radius 2 is 1.91 bits per heavy atom. The Balaban J connectivity index is 1.27. The molecule has 0 radical (unpaired) electrons. The van der Waals surface area contributed by atoms with Gasteiger partial charge in [0, 0.05) is 25.3 Å². The van der Waals surface area contributed by atoms with E-state index >= 15 is 0 Å². The molecule has 2 heterocycles. The van der Waals surface area contributed by atoms with E-state index in [0.717, 1.165) is 48.6 Å². The average Bonchev–Trinajstić information content (AvgIpc) is 3.42. The van der Waals surface area contributed by atoms with Crippen molar-refractivity contribution in [1.82, 2.24) is 4.90 Å². The van der Waals surface area contributed by atoms with Crippen molar-refractivity contribution in [2.45, 2.75) is 38.7 Å². The highest BCUT2D eigenvalue weighted by molar-refractivity contribution is 6.07. The van der Waals surface area contributed by atoms with Crippen molar-refractivity contribution in [3.8, 4) is 5.75 Å². The fourth-order valence-electron chi connectivity index (χ4n) is 5.00. The van der Waals surface area contributed by atoms with Gasteiger partial charge in [-0.2, -0.15) is 0 Å². The summed E-state index contributed by atoms with van der Waals surface area (Å²) in [5.74, 6) is 0.296. The van der Waals surface area contributed by atoms with Crippen molar-refractivity contribution in [2.24, 2.45) is 5.92 Å². The monoisotopic (exact) mass is 472 g/mol. The summed E-state index contributed by atoms with van der Waals surface area (Å²) in [5.41, 5.74) is 2.42. The van der Waals surface area contributed by atoms with Gasteiger partial charge in [-0.3, -0.25) is 9.59 Å². The van der Waals surface area contributed by atoms with Crippen LogP contribution >= 0.6 is 0 Å². The second-order valence-corrected chi connectivity index (χ2v) is 9.55. The topological polar surface area (TPSA) is 67.9 Å². The molecule has 2 amide bonds. The molecule has 2 saturated heterocycles. The maximum atomic E-state index is 13.4. The summed E-state index contributed by atoms with van der Waals surface area (Å²) >= 11 is 0. The number of nitrogens with one attached hydrogen (secondary N) is 1. The van der Waals surface area contributed by atoms with E-state index in [9.17, 15) is 9.59 Å². The van der Waals surface area contributed by atoms with Crippen LogP contribution in [0.5, 0.6) is 5.75 Å². The zero-order chi connectivity index (χ0) is 24.2. The van der Waals surface area contributed by atoms with E-state index in [1.807, 2.05) is 72.5 Å². The largest absolute Gasteiger partial charge is 0.489 e. The van der Waals surface area contributed by atoms with Gasteiger partial charge in [0.15, 0.2) is 0 Å². The normalized spacial score (nSPS) is 20.1. The number of anilines is 1. The number of rotatable bonds is 6. The first kappa shape index (κ1) is 23.4. The Morgan fingerprint density at radius 3 is 2.77 bits per heavy atom. The second kappa shape index (κ2) is 10.5. The molecule has 6 heteroatoms. The first-order valence-electron chi connectivity index (χ1n) is 12.5. The summed E-state index contributed by atoms with van der Waals surface area (Å²) in [5, 5.41) is 5.05. The summed E-state index contributed by atoms with van der Waals surface area (Å²) < 4.78 is 11.7. The molecule has 0 saturated carbocycles.